The summed E-state index contributed by atoms with van der Waals surface area (Å²) in [5.74, 6) is 0.131. The average Bonchev–Trinajstić information content (AvgIpc) is 3.64. The van der Waals surface area contributed by atoms with Crippen molar-refractivity contribution in [2.45, 2.75) is 43.7 Å². The summed E-state index contributed by atoms with van der Waals surface area (Å²) in [6, 6.07) is 15.1. The number of alkyl carbamates (subject to hydrolysis) is 1. The summed E-state index contributed by atoms with van der Waals surface area (Å²) < 4.78 is 30.4. The summed E-state index contributed by atoms with van der Waals surface area (Å²) in [7, 11) is -1.77. The number of aromatic nitrogens is 1. The molecule has 2 amide bonds. The summed E-state index contributed by atoms with van der Waals surface area (Å²) in [6.07, 6.45) is 2.28. The van der Waals surface area contributed by atoms with Gasteiger partial charge in [0.1, 0.15) is 6.04 Å². The zero-order chi connectivity index (χ0) is 26.2. The number of carbonyl (C=O) groups excluding carboxylic acids is 2. The molecule has 1 aliphatic carbocycles. The van der Waals surface area contributed by atoms with Gasteiger partial charge in [0.25, 0.3) is 11.0 Å². The summed E-state index contributed by atoms with van der Waals surface area (Å²) in [5, 5.41) is 8.74. The van der Waals surface area contributed by atoms with Crippen LogP contribution in [0.15, 0.2) is 60.0 Å². The number of benzene rings is 2. The number of thiazole rings is 1. The van der Waals surface area contributed by atoms with E-state index < -0.39 is 29.2 Å². The van der Waals surface area contributed by atoms with Gasteiger partial charge in [-0.2, -0.15) is 4.28 Å². The lowest BCUT2D eigenvalue weighted by molar-refractivity contribution is -0.123. The van der Waals surface area contributed by atoms with Gasteiger partial charge in [-0.3, -0.25) is 4.79 Å². The Balaban J connectivity index is 1.52. The van der Waals surface area contributed by atoms with E-state index in [1.54, 1.807) is 23.5 Å². The maximum Gasteiger partial charge on any atom is 0.407 e. The SMILES string of the molecule is COC(=O)N[C@@H](Cc1ccccc1)C(=O)N[C@@H](Cc1ccc(NO[SH](=O)=O)cc1)c1csc(C2CC2)n1. The molecule has 0 aliphatic heterocycles. The quantitative estimate of drug-likeness (QED) is 0.202. The maximum absolute atomic E-state index is 13.4. The van der Waals surface area contributed by atoms with E-state index in [9.17, 15) is 18.0 Å². The Morgan fingerprint density at radius 2 is 1.73 bits per heavy atom. The molecule has 0 unspecified atom stereocenters. The molecule has 1 aliphatic rings. The number of carbonyl (C=O) groups is 2. The highest BCUT2D eigenvalue weighted by molar-refractivity contribution is 7.67. The van der Waals surface area contributed by atoms with Gasteiger partial charge in [0.15, 0.2) is 0 Å². The smallest absolute Gasteiger partial charge is 0.407 e. The molecule has 0 radical (unpaired) electrons. The maximum atomic E-state index is 13.4. The van der Waals surface area contributed by atoms with E-state index in [2.05, 4.69) is 20.4 Å². The molecule has 12 heteroatoms. The van der Waals surface area contributed by atoms with Crippen molar-refractivity contribution in [1.82, 2.24) is 15.6 Å². The Kier molecular flexibility index (Phi) is 9.09. The van der Waals surface area contributed by atoms with E-state index in [-0.39, 0.29) is 5.91 Å². The van der Waals surface area contributed by atoms with E-state index in [1.807, 2.05) is 47.8 Å². The van der Waals surface area contributed by atoms with Gasteiger partial charge in [-0.05, 0) is 42.5 Å². The lowest BCUT2D eigenvalue weighted by atomic mass is 10.0. The van der Waals surface area contributed by atoms with Crippen molar-refractivity contribution in [1.29, 1.82) is 0 Å². The first kappa shape index (κ1) is 26.6. The normalized spacial score (nSPS) is 14.5. The third-order valence-corrected chi connectivity index (χ3v) is 7.11. The monoisotopic (exact) mass is 544 g/mol. The van der Waals surface area contributed by atoms with Gasteiger partial charge in [-0.15, -0.1) is 11.3 Å². The van der Waals surface area contributed by atoms with Gasteiger partial charge >= 0.3 is 6.09 Å². The molecule has 2 aromatic carbocycles. The first-order valence-corrected chi connectivity index (χ1v) is 13.7. The zero-order valence-electron chi connectivity index (χ0n) is 20.1. The van der Waals surface area contributed by atoms with Gasteiger partial charge in [-0.25, -0.2) is 23.7 Å². The van der Waals surface area contributed by atoms with Gasteiger partial charge in [0.2, 0.25) is 5.91 Å². The number of thiol groups is 1. The standard InChI is InChI=1S/C25H28N4O6S2/c1-34-25(31)28-21(14-16-5-3-2-4-6-16)23(30)26-20(22-15-36-24(27-22)18-9-10-18)13-17-7-11-19(12-8-17)29-35-37(32)33/h2-8,11-12,15,18,20-21,29,37H,9-10,13-14H2,1H3,(H,26,30)(H,28,31)/t20-,21-/m0/s1. The summed E-state index contributed by atoms with van der Waals surface area (Å²) in [6.45, 7) is 0. The van der Waals surface area contributed by atoms with E-state index in [0.29, 0.717) is 24.4 Å². The Morgan fingerprint density at radius 3 is 2.38 bits per heavy atom. The van der Waals surface area contributed by atoms with Crippen LogP contribution in [0.1, 0.15) is 46.6 Å². The lowest BCUT2D eigenvalue weighted by Gasteiger charge is -2.23. The molecule has 3 N–H and O–H groups in total. The highest BCUT2D eigenvalue weighted by Crippen LogP contribution is 2.42. The highest BCUT2D eigenvalue weighted by Gasteiger charge is 2.30. The van der Waals surface area contributed by atoms with Gasteiger partial charge in [0, 0.05) is 17.7 Å². The van der Waals surface area contributed by atoms with Crippen LogP contribution in [0, 0.1) is 0 Å². The van der Waals surface area contributed by atoms with Crippen molar-refractivity contribution in [2.24, 2.45) is 0 Å². The molecule has 1 fully saturated rings. The van der Waals surface area contributed by atoms with Crippen molar-refractivity contribution < 1.29 is 27.0 Å². The van der Waals surface area contributed by atoms with Crippen LogP contribution < -0.4 is 16.1 Å². The second-order valence-corrected chi connectivity index (χ2v) is 10.2. The molecule has 0 spiro atoms. The van der Waals surface area contributed by atoms with Crippen molar-refractivity contribution in [2.75, 3.05) is 12.6 Å². The Bertz CT molecular complexity index is 1270. The van der Waals surface area contributed by atoms with Gasteiger partial charge in [0.05, 0.1) is 29.5 Å². The largest absolute Gasteiger partial charge is 0.453 e. The number of nitrogens with one attached hydrogen (secondary N) is 3. The molecule has 0 saturated heterocycles. The molecular formula is C25H28N4O6S2. The van der Waals surface area contributed by atoms with Crippen LogP contribution in [-0.2, 0) is 37.6 Å². The van der Waals surface area contributed by atoms with Crippen LogP contribution in [0.25, 0.3) is 0 Å². The second kappa shape index (κ2) is 12.7. The van der Waals surface area contributed by atoms with E-state index in [1.165, 1.54) is 7.11 Å². The van der Waals surface area contributed by atoms with Crippen LogP contribution in [0.4, 0.5) is 10.5 Å². The van der Waals surface area contributed by atoms with Crippen molar-refractivity contribution in [3.05, 3.63) is 81.8 Å². The van der Waals surface area contributed by atoms with E-state index in [4.69, 9.17) is 9.72 Å². The molecule has 3 aromatic rings. The minimum Gasteiger partial charge on any atom is -0.453 e. The molecule has 1 aromatic heterocycles. The fraction of sp³-hybridized carbons (Fsp3) is 0.320. The van der Waals surface area contributed by atoms with Gasteiger partial charge in [-0.1, -0.05) is 42.5 Å². The molecule has 4 rings (SSSR count). The molecule has 1 saturated carbocycles. The Morgan fingerprint density at radius 1 is 1.03 bits per heavy atom. The predicted molar refractivity (Wildman–Crippen MR) is 140 cm³/mol. The first-order valence-electron chi connectivity index (χ1n) is 11.7. The first-order chi connectivity index (χ1) is 17.9. The molecule has 0 bridgehead atoms. The number of hydrogen-bond donors (Lipinski definition) is 4. The predicted octanol–water partition coefficient (Wildman–Crippen LogP) is 3.26. The van der Waals surface area contributed by atoms with Crippen molar-refractivity contribution in [3.8, 4) is 0 Å². The van der Waals surface area contributed by atoms with E-state index >= 15 is 0 Å². The Labute approximate surface area is 220 Å². The minimum absolute atomic E-state index is 0.293. The van der Waals surface area contributed by atoms with Crippen molar-refractivity contribution >= 4 is 40.0 Å². The molecule has 37 heavy (non-hydrogen) atoms. The van der Waals surface area contributed by atoms with Crippen LogP contribution in [-0.4, -0.2) is 38.6 Å². The molecule has 10 nitrogen and oxygen atoms in total. The van der Waals surface area contributed by atoms with E-state index in [0.717, 1.165) is 34.7 Å². The number of anilines is 1. The number of amides is 2. The highest BCUT2D eigenvalue weighted by atomic mass is 32.2. The van der Waals surface area contributed by atoms with Crippen molar-refractivity contribution in [3.63, 3.8) is 0 Å². The molecule has 1 heterocycles. The third kappa shape index (κ3) is 8.00. The van der Waals surface area contributed by atoms with Crippen LogP contribution in [0.2, 0.25) is 0 Å². The number of nitrogens with zero attached hydrogens (tertiary/aromatic N) is 1. The van der Waals surface area contributed by atoms with Crippen LogP contribution in [0.5, 0.6) is 0 Å². The van der Waals surface area contributed by atoms with Gasteiger partial charge < -0.3 is 15.4 Å². The zero-order valence-corrected chi connectivity index (χ0v) is 21.8. The fourth-order valence-electron chi connectivity index (χ4n) is 3.78. The topological polar surface area (TPSA) is 136 Å². The summed E-state index contributed by atoms with van der Waals surface area (Å²) in [4.78, 5) is 30.2. The number of hydrogen-bond acceptors (Lipinski definition) is 9. The lowest BCUT2D eigenvalue weighted by Crippen LogP contribution is -2.49. The molecular weight excluding hydrogens is 516 g/mol. The number of methoxy groups -OCH3 is 1. The molecule has 2 atom stereocenters. The van der Waals surface area contributed by atoms with Crippen LogP contribution in [0.3, 0.4) is 0 Å². The molecule has 196 valence electrons. The average molecular weight is 545 g/mol. The van der Waals surface area contributed by atoms with Crippen LogP contribution >= 0.6 is 11.3 Å². The number of ether oxygens (including phenoxy) is 1. The second-order valence-electron chi connectivity index (χ2n) is 8.64. The summed E-state index contributed by atoms with van der Waals surface area (Å²) in [5.41, 5.74) is 5.36. The fourth-order valence-corrected chi connectivity index (χ4v) is 5.00. The summed E-state index contributed by atoms with van der Waals surface area (Å²) >= 11 is 1.59. The number of rotatable bonds is 12. The Hall–Kier alpha value is -3.48. The minimum atomic E-state index is -3.02. The third-order valence-electron chi connectivity index (χ3n) is 5.85.